The highest BCUT2D eigenvalue weighted by atomic mass is 32.2. The van der Waals surface area contributed by atoms with Gasteiger partial charge in [0.25, 0.3) is 10.0 Å². The Kier molecular flexibility index (Phi) is 5.22. The van der Waals surface area contributed by atoms with E-state index < -0.39 is 21.9 Å². The molecule has 0 radical (unpaired) electrons. The second kappa shape index (κ2) is 6.81. The number of alkyl halides is 3. The Morgan fingerprint density at radius 1 is 1.26 bits per heavy atom. The minimum absolute atomic E-state index is 0.128. The SMILES string of the molecule is CN(CCNc1ccc(C(F)(F)F)nn1)S(=O)(=O)c1cccs1. The van der Waals surface area contributed by atoms with Crippen molar-refractivity contribution in [3.05, 3.63) is 35.3 Å². The van der Waals surface area contributed by atoms with Gasteiger partial charge in [-0.1, -0.05) is 6.07 Å². The molecule has 0 aliphatic heterocycles. The van der Waals surface area contributed by atoms with Crippen LogP contribution in [0.1, 0.15) is 5.69 Å². The molecule has 0 saturated carbocycles. The second-order valence-electron chi connectivity index (χ2n) is 4.49. The van der Waals surface area contributed by atoms with Gasteiger partial charge in [-0.3, -0.25) is 0 Å². The summed E-state index contributed by atoms with van der Waals surface area (Å²) in [7, 11) is -2.12. The van der Waals surface area contributed by atoms with Crippen LogP contribution in [0.2, 0.25) is 0 Å². The molecule has 0 aromatic carbocycles. The van der Waals surface area contributed by atoms with E-state index in [9.17, 15) is 21.6 Å². The molecule has 0 spiro atoms. The predicted molar refractivity (Wildman–Crippen MR) is 79.7 cm³/mol. The van der Waals surface area contributed by atoms with Crippen LogP contribution in [-0.4, -0.2) is 43.1 Å². The molecule has 2 aromatic rings. The summed E-state index contributed by atoms with van der Waals surface area (Å²) < 4.78 is 62.7. The molecule has 6 nitrogen and oxygen atoms in total. The third kappa shape index (κ3) is 4.39. The van der Waals surface area contributed by atoms with Gasteiger partial charge in [0, 0.05) is 20.1 Å². The molecular weight excluding hydrogens is 353 g/mol. The van der Waals surface area contributed by atoms with Crippen LogP contribution in [0.25, 0.3) is 0 Å². The molecule has 126 valence electrons. The summed E-state index contributed by atoms with van der Waals surface area (Å²) >= 11 is 1.11. The van der Waals surface area contributed by atoms with Crippen LogP contribution in [0, 0.1) is 0 Å². The maximum absolute atomic E-state index is 12.3. The lowest BCUT2D eigenvalue weighted by Gasteiger charge is -2.16. The smallest absolute Gasteiger partial charge is 0.367 e. The summed E-state index contributed by atoms with van der Waals surface area (Å²) in [6.45, 7) is 0.310. The van der Waals surface area contributed by atoms with Crippen LogP contribution in [0.15, 0.2) is 33.9 Å². The van der Waals surface area contributed by atoms with E-state index in [1.54, 1.807) is 11.4 Å². The summed E-state index contributed by atoms with van der Waals surface area (Å²) in [5.74, 6) is 0.139. The fraction of sp³-hybridized carbons (Fsp3) is 0.333. The molecule has 0 saturated heterocycles. The molecule has 11 heteroatoms. The van der Waals surface area contributed by atoms with E-state index >= 15 is 0 Å². The van der Waals surface area contributed by atoms with Gasteiger partial charge in [-0.05, 0) is 23.6 Å². The third-order valence-corrected chi connectivity index (χ3v) is 6.08. The van der Waals surface area contributed by atoms with Gasteiger partial charge in [0.2, 0.25) is 0 Å². The molecule has 0 atom stereocenters. The number of thiophene rings is 1. The Morgan fingerprint density at radius 3 is 2.52 bits per heavy atom. The fourth-order valence-electron chi connectivity index (χ4n) is 1.60. The summed E-state index contributed by atoms with van der Waals surface area (Å²) in [6, 6.07) is 5.09. The number of rotatable bonds is 6. The number of nitrogens with zero attached hydrogens (tertiary/aromatic N) is 3. The minimum Gasteiger partial charge on any atom is -0.367 e. The molecule has 0 aliphatic carbocycles. The number of hydrogen-bond donors (Lipinski definition) is 1. The number of aromatic nitrogens is 2. The Morgan fingerprint density at radius 2 is 2.00 bits per heavy atom. The third-order valence-electron chi connectivity index (χ3n) is 2.85. The van der Waals surface area contributed by atoms with Crippen LogP contribution in [0.4, 0.5) is 19.0 Å². The first kappa shape index (κ1) is 17.6. The van der Waals surface area contributed by atoms with Crippen LogP contribution in [0.3, 0.4) is 0 Å². The lowest BCUT2D eigenvalue weighted by Crippen LogP contribution is -2.31. The Balaban J connectivity index is 1.90. The van der Waals surface area contributed by atoms with Crippen molar-refractivity contribution in [2.75, 3.05) is 25.5 Å². The van der Waals surface area contributed by atoms with Crippen molar-refractivity contribution >= 4 is 27.2 Å². The van der Waals surface area contributed by atoms with Crippen LogP contribution in [0.5, 0.6) is 0 Å². The maximum Gasteiger partial charge on any atom is 0.435 e. The number of sulfonamides is 1. The number of nitrogens with one attached hydrogen (secondary N) is 1. The molecular formula is C12H13F3N4O2S2. The zero-order chi connectivity index (χ0) is 17.1. The molecule has 0 fully saturated rings. The average molecular weight is 366 g/mol. The minimum atomic E-state index is -4.54. The summed E-state index contributed by atoms with van der Waals surface area (Å²) in [6.07, 6.45) is -4.54. The van der Waals surface area contributed by atoms with Crippen molar-refractivity contribution < 1.29 is 21.6 Å². The largest absolute Gasteiger partial charge is 0.435 e. The molecule has 2 aromatic heterocycles. The van der Waals surface area contributed by atoms with Crippen molar-refractivity contribution in [3.8, 4) is 0 Å². The maximum atomic E-state index is 12.3. The van der Waals surface area contributed by atoms with Gasteiger partial charge >= 0.3 is 6.18 Å². The zero-order valence-electron chi connectivity index (χ0n) is 11.9. The second-order valence-corrected chi connectivity index (χ2v) is 7.71. The molecule has 23 heavy (non-hydrogen) atoms. The van der Waals surface area contributed by atoms with Crippen molar-refractivity contribution in [2.45, 2.75) is 10.4 Å². The van der Waals surface area contributed by atoms with E-state index in [0.29, 0.717) is 0 Å². The van der Waals surface area contributed by atoms with Crippen molar-refractivity contribution in [2.24, 2.45) is 0 Å². The molecule has 2 rings (SSSR count). The van der Waals surface area contributed by atoms with Gasteiger partial charge in [-0.15, -0.1) is 21.5 Å². The molecule has 0 bridgehead atoms. The van der Waals surface area contributed by atoms with Crippen LogP contribution in [-0.2, 0) is 16.2 Å². The monoisotopic (exact) mass is 366 g/mol. The van der Waals surface area contributed by atoms with E-state index in [0.717, 1.165) is 27.8 Å². The van der Waals surface area contributed by atoms with Gasteiger partial charge in [-0.2, -0.15) is 17.5 Å². The molecule has 0 aliphatic rings. The standard InChI is InChI=1S/C12H13F3N4O2S2/c1-19(23(20,21)11-3-2-8-22-11)7-6-16-10-5-4-9(17-18-10)12(13,14)15/h2-5,8H,6-7H2,1H3,(H,16,18). The van der Waals surface area contributed by atoms with Gasteiger partial charge in [-0.25, -0.2) is 8.42 Å². The molecule has 0 amide bonds. The molecule has 2 heterocycles. The van der Waals surface area contributed by atoms with Gasteiger partial charge in [0.05, 0.1) is 0 Å². The first-order valence-electron chi connectivity index (χ1n) is 6.36. The fourth-order valence-corrected chi connectivity index (χ4v) is 3.98. The van der Waals surface area contributed by atoms with Crippen LogP contribution >= 0.6 is 11.3 Å². The van der Waals surface area contributed by atoms with Crippen molar-refractivity contribution in [3.63, 3.8) is 0 Å². The van der Waals surface area contributed by atoms with Gasteiger partial charge in [0.15, 0.2) is 5.69 Å². The highest BCUT2D eigenvalue weighted by molar-refractivity contribution is 7.91. The molecule has 0 unspecified atom stereocenters. The van der Waals surface area contributed by atoms with Crippen molar-refractivity contribution in [1.29, 1.82) is 0 Å². The highest BCUT2D eigenvalue weighted by Gasteiger charge is 2.32. The Hall–Kier alpha value is -1.72. The topological polar surface area (TPSA) is 75.2 Å². The lowest BCUT2D eigenvalue weighted by molar-refractivity contribution is -0.141. The number of hydrogen-bond acceptors (Lipinski definition) is 6. The van der Waals surface area contributed by atoms with Crippen LogP contribution < -0.4 is 5.32 Å². The summed E-state index contributed by atoms with van der Waals surface area (Å²) in [5, 5.41) is 10.9. The first-order chi connectivity index (χ1) is 10.7. The Labute approximate surface area is 135 Å². The van der Waals surface area contributed by atoms with E-state index in [1.807, 2.05) is 0 Å². The summed E-state index contributed by atoms with van der Waals surface area (Å²) in [5.41, 5.74) is -1.08. The van der Waals surface area contributed by atoms with E-state index in [2.05, 4.69) is 15.5 Å². The average Bonchev–Trinajstić information content (AvgIpc) is 3.01. The summed E-state index contributed by atoms with van der Waals surface area (Å²) in [4.78, 5) is 0. The highest BCUT2D eigenvalue weighted by Crippen LogP contribution is 2.27. The Bertz CT molecular complexity index is 731. The van der Waals surface area contributed by atoms with Crippen molar-refractivity contribution in [1.82, 2.24) is 14.5 Å². The quantitative estimate of drug-likeness (QED) is 0.849. The predicted octanol–water partition coefficient (Wildman–Crippen LogP) is 2.29. The van der Waals surface area contributed by atoms with Gasteiger partial charge < -0.3 is 5.32 Å². The zero-order valence-corrected chi connectivity index (χ0v) is 13.5. The normalized spacial score (nSPS) is 12.6. The lowest BCUT2D eigenvalue weighted by atomic mass is 10.4. The van der Waals surface area contributed by atoms with E-state index in [-0.39, 0.29) is 23.1 Å². The first-order valence-corrected chi connectivity index (χ1v) is 8.68. The number of halogens is 3. The van der Waals surface area contributed by atoms with E-state index in [1.165, 1.54) is 13.1 Å². The molecule has 1 N–H and O–H groups in total. The number of likely N-dealkylation sites (N-methyl/N-ethyl adjacent to an activating group) is 1. The van der Waals surface area contributed by atoms with Gasteiger partial charge in [0.1, 0.15) is 10.0 Å². The van der Waals surface area contributed by atoms with E-state index in [4.69, 9.17) is 0 Å². The number of anilines is 1.